The van der Waals surface area contributed by atoms with E-state index in [4.69, 9.17) is 0 Å². The van der Waals surface area contributed by atoms with Crippen LogP contribution in [-0.2, 0) is 9.59 Å². The minimum atomic E-state index is 0.177. The number of rotatable bonds is 7. The molecule has 0 aliphatic rings. The van der Waals surface area contributed by atoms with Gasteiger partial charge < -0.3 is 4.79 Å². The van der Waals surface area contributed by atoms with E-state index in [0.717, 1.165) is 19.3 Å². The average molecular weight is 184 g/mol. The maximum absolute atomic E-state index is 11.4. The largest absolute Gasteiger partial charge is 0.300 e. The second kappa shape index (κ2) is 6.81. The van der Waals surface area contributed by atoms with E-state index >= 15 is 0 Å². The highest BCUT2D eigenvalue weighted by Gasteiger charge is 2.11. The van der Waals surface area contributed by atoms with Crippen LogP contribution in [0.2, 0.25) is 0 Å². The standard InChI is InChI=1S/C11H20O2/c1-4-6-9(2)11(13)8-5-7-10(3)12/h9H,4-8H2,1-3H3. The van der Waals surface area contributed by atoms with Gasteiger partial charge in [0.25, 0.3) is 0 Å². The first-order valence-corrected chi connectivity index (χ1v) is 5.10. The minimum absolute atomic E-state index is 0.177. The van der Waals surface area contributed by atoms with Gasteiger partial charge in [0, 0.05) is 18.8 Å². The van der Waals surface area contributed by atoms with E-state index in [0.29, 0.717) is 18.6 Å². The molecule has 0 heterocycles. The van der Waals surface area contributed by atoms with E-state index in [1.807, 2.05) is 6.92 Å². The van der Waals surface area contributed by atoms with Crippen molar-refractivity contribution in [3.8, 4) is 0 Å². The lowest BCUT2D eigenvalue weighted by Gasteiger charge is -2.07. The summed E-state index contributed by atoms with van der Waals surface area (Å²) in [6.45, 7) is 5.62. The molecule has 0 amide bonds. The maximum atomic E-state index is 11.4. The molecule has 76 valence electrons. The average Bonchev–Trinajstić information content (AvgIpc) is 2.04. The molecule has 1 atom stereocenters. The summed E-state index contributed by atoms with van der Waals surface area (Å²) in [5, 5.41) is 0. The summed E-state index contributed by atoms with van der Waals surface area (Å²) in [6, 6.07) is 0. The van der Waals surface area contributed by atoms with Crippen LogP contribution in [0.15, 0.2) is 0 Å². The second-order valence-electron chi connectivity index (χ2n) is 3.71. The third-order valence-corrected chi connectivity index (χ3v) is 2.22. The van der Waals surface area contributed by atoms with Crippen LogP contribution in [0.3, 0.4) is 0 Å². The van der Waals surface area contributed by atoms with Crippen molar-refractivity contribution in [3.05, 3.63) is 0 Å². The van der Waals surface area contributed by atoms with Crippen molar-refractivity contribution in [2.75, 3.05) is 0 Å². The molecule has 0 saturated carbocycles. The summed E-state index contributed by atoms with van der Waals surface area (Å²) in [7, 11) is 0. The summed E-state index contributed by atoms with van der Waals surface area (Å²) in [5.74, 6) is 0.663. The van der Waals surface area contributed by atoms with Crippen molar-refractivity contribution in [1.82, 2.24) is 0 Å². The van der Waals surface area contributed by atoms with E-state index < -0.39 is 0 Å². The zero-order valence-corrected chi connectivity index (χ0v) is 8.93. The Morgan fingerprint density at radius 2 is 1.85 bits per heavy atom. The van der Waals surface area contributed by atoms with Gasteiger partial charge in [0.2, 0.25) is 0 Å². The molecule has 0 rings (SSSR count). The summed E-state index contributed by atoms with van der Waals surface area (Å²) in [6.07, 6.45) is 3.87. The molecule has 0 fully saturated rings. The monoisotopic (exact) mass is 184 g/mol. The van der Waals surface area contributed by atoms with Crippen molar-refractivity contribution in [1.29, 1.82) is 0 Å². The normalized spacial score (nSPS) is 12.5. The first kappa shape index (κ1) is 12.3. The predicted octanol–water partition coefficient (Wildman–Crippen LogP) is 2.75. The van der Waals surface area contributed by atoms with Gasteiger partial charge in [-0.3, -0.25) is 4.79 Å². The number of carbonyl (C=O) groups excluding carboxylic acids is 2. The van der Waals surface area contributed by atoms with E-state index in [-0.39, 0.29) is 11.7 Å². The lowest BCUT2D eigenvalue weighted by atomic mass is 9.97. The highest BCUT2D eigenvalue weighted by atomic mass is 16.1. The fraction of sp³-hybridized carbons (Fsp3) is 0.818. The van der Waals surface area contributed by atoms with Gasteiger partial charge in [0.15, 0.2) is 0 Å². The molecule has 0 aromatic carbocycles. The topological polar surface area (TPSA) is 34.1 Å². The van der Waals surface area contributed by atoms with Gasteiger partial charge in [-0.15, -0.1) is 0 Å². The Hall–Kier alpha value is -0.660. The van der Waals surface area contributed by atoms with Crippen LogP contribution in [0, 0.1) is 5.92 Å². The molecular weight excluding hydrogens is 164 g/mol. The van der Waals surface area contributed by atoms with Crippen molar-refractivity contribution >= 4 is 11.6 Å². The predicted molar refractivity (Wildman–Crippen MR) is 53.6 cm³/mol. The van der Waals surface area contributed by atoms with Crippen LogP contribution >= 0.6 is 0 Å². The summed E-state index contributed by atoms with van der Waals surface area (Å²) >= 11 is 0. The minimum Gasteiger partial charge on any atom is -0.300 e. The van der Waals surface area contributed by atoms with Crippen molar-refractivity contribution in [3.63, 3.8) is 0 Å². The molecule has 0 N–H and O–H groups in total. The number of Topliss-reactive ketones (excluding diaryl/α,β-unsaturated/α-hetero) is 2. The molecule has 0 bridgehead atoms. The number of hydrogen-bond donors (Lipinski definition) is 0. The Labute approximate surface area is 80.7 Å². The first-order chi connectivity index (χ1) is 6.07. The van der Waals surface area contributed by atoms with Crippen LogP contribution in [0.25, 0.3) is 0 Å². The second-order valence-corrected chi connectivity index (χ2v) is 3.71. The highest BCUT2D eigenvalue weighted by Crippen LogP contribution is 2.10. The molecule has 0 aromatic rings. The Morgan fingerprint density at radius 1 is 1.23 bits per heavy atom. The van der Waals surface area contributed by atoms with Gasteiger partial charge in [0.1, 0.15) is 11.6 Å². The van der Waals surface area contributed by atoms with E-state index in [2.05, 4.69) is 6.92 Å². The molecule has 0 spiro atoms. The van der Waals surface area contributed by atoms with Gasteiger partial charge in [0.05, 0.1) is 0 Å². The molecule has 2 nitrogen and oxygen atoms in total. The zero-order valence-electron chi connectivity index (χ0n) is 8.93. The van der Waals surface area contributed by atoms with Crippen molar-refractivity contribution in [2.45, 2.75) is 52.9 Å². The molecule has 1 unspecified atom stereocenters. The maximum Gasteiger partial charge on any atom is 0.135 e. The van der Waals surface area contributed by atoms with Crippen LogP contribution in [0.5, 0.6) is 0 Å². The smallest absolute Gasteiger partial charge is 0.135 e. The molecule has 0 aromatic heterocycles. The zero-order chi connectivity index (χ0) is 10.3. The van der Waals surface area contributed by atoms with E-state index in [1.165, 1.54) is 0 Å². The first-order valence-electron chi connectivity index (χ1n) is 5.10. The Bertz CT molecular complexity index is 173. The molecular formula is C11H20O2. The lowest BCUT2D eigenvalue weighted by Crippen LogP contribution is -2.10. The van der Waals surface area contributed by atoms with Crippen molar-refractivity contribution in [2.24, 2.45) is 5.92 Å². The quantitative estimate of drug-likeness (QED) is 0.609. The number of hydrogen-bond acceptors (Lipinski definition) is 2. The van der Waals surface area contributed by atoms with Crippen LogP contribution in [-0.4, -0.2) is 11.6 Å². The van der Waals surface area contributed by atoms with Gasteiger partial charge in [-0.05, 0) is 19.8 Å². The molecule has 0 aliphatic carbocycles. The Morgan fingerprint density at radius 3 is 2.31 bits per heavy atom. The fourth-order valence-corrected chi connectivity index (χ4v) is 1.35. The van der Waals surface area contributed by atoms with Crippen molar-refractivity contribution < 1.29 is 9.59 Å². The third-order valence-electron chi connectivity index (χ3n) is 2.22. The lowest BCUT2D eigenvalue weighted by molar-refractivity contribution is -0.122. The van der Waals surface area contributed by atoms with Gasteiger partial charge in [-0.2, -0.15) is 0 Å². The fourth-order valence-electron chi connectivity index (χ4n) is 1.35. The Kier molecular flexibility index (Phi) is 6.47. The number of carbonyl (C=O) groups is 2. The highest BCUT2D eigenvalue weighted by molar-refractivity contribution is 5.81. The van der Waals surface area contributed by atoms with Gasteiger partial charge in [-0.25, -0.2) is 0 Å². The molecule has 0 saturated heterocycles. The Balaban J connectivity index is 3.55. The number of ketones is 2. The van der Waals surface area contributed by atoms with Crippen LogP contribution in [0.4, 0.5) is 0 Å². The van der Waals surface area contributed by atoms with Gasteiger partial charge >= 0.3 is 0 Å². The van der Waals surface area contributed by atoms with E-state index in [9.17, 15) is 9.59 Å². The molecule has 2 heteroatoms. The summed E-state index contributed by atoms with van der Waals surface area (Å²) < 4.78 is 0. The summed E-state index contributed by atoms with van der Waals surface area (Å²) in [4.78, 5) is 22.0. The van der Waals surface area contributed by atoms with Crippen LogP contribution < -0.4 is 0 Å². The van der Waals surface area contributed by atoms with E-state index in [1.54, 1.807) is 6.92 Å². The van der Waals surface area contributed by atoms with Gasteiger partial charge in [-0.1, -0.05) is 20.3 Å². The SMILES string of the molecule is CCCC(C)C(=O)CCCC(C)=O. The molecule has 13 heavy (non-hydrogen) atoms. The molecule has 0 aliphatic heterocycles. The molecule has 0 radical (unpaired) electrons. The third kappa shape index (κ3) is 6.50. The van der Waals surface area contributed by atoms with Crippen LogP contribution in [0.1, 0.15) is 52.9 Å². The summed E-state index contributed by atoms with van der Waals surface area (Å²) in [5.41, 5.74) is 0.